The average molecular weight is 185 g/mol. The van der Waals surface area contributed by atoms with Crippen LogP contribution in [-0.4, -0.2) is 35.5 Å². The van der Waals surface area contributed by atoms with Crippen LogP contribution in [0.15, 0.2) is 0 Å². The summed E-state index contributed by atoms with van der Waals surface area (Å²) in [5.41, 5.74) is 10.4. The van der Waals surface area contributed by atoms with Crippen molar-refractivity contribution >= 4 is 5.91 Å². The topological polar surface area (TPSA) is 72.3 Å². The van der Waals surface area contributed by atoms with E-state index in [4.69, 9.17) is 11.5 Å². The molecule has 2 unspecified atom stereocenters. The van der Waals surface area contributed by atoms with Crippen molar-refractivity contribution in [1.29, 1.82) is 0 Å². The van der Waals surface area contributed by atoms with Gasteiger partial charge in [0.2, 0.25) is 5.91 Å². The largest absolute Gasteiger partial charge is 0.368 e. The van der Waals surface area contributed by atoms with Crippen LogP contribution < -0.4 is 11.5 Å². The minimum absolute atomic E-state index is 0.321. The van der Waals surface area contributed by atoms with Crippen molar-refractivity contribution in [2.45, 2.75) is 44.3 Å². The summed E-state index contributed by atoms with van der Waals surface area (Å²) >= 11 is 0. The van der Waals surface area contributed by atoms with Crippen LogP contribution in [0.5, 0.6) is 0 Å². The maximum Gasteiger partial charge on any atom is 0.237 e. The van der Waals surface area contributed by atoms with Gasteiger partial charge in [-0.3, -0.25) is 4.79 Å². The third kappa shape index (κ3) is 1.84. The number of hydrogen-bond donors (Lipinski definition) is 2. The Morgan fingerprint density at radius 3 is 2.08 bits per heavy atom. The van der Waals surface area contributed by atoms with Crippen LogP contribution in [-0.2, 0) is 4.79 Å². The van der Waals surface area contributed by atoms with Crippen LogP contribution in [0.3, 0.4) is 0 Å². The number of rotatable bonds is 1. The number of carbonyl (C=O) groups excluding carboxylic acids is 1. The van der Waals surface area contributed by atoms with E-state index in [0.717, 1.165) is 0 Å². The van der Waals surface area contributed by atoms with Gasteiger partial charge in [0, 0.05) is 12.1 Å². The molecule has 13 heavy (non-hydrogen) atoms. The van der Waals surface area contributed by atoms with Gasteiger partial charge in [-0.15, -0.1) is 0 Å². The van der Waals surface area contributed by atoms with E-state index in [9.17, 15) is 4.79 Å². The molecule has 0 aliphatic carbocycles. The predicted octanol–water partition coefficient (Wildman–Crippen LogP) is -0.328. The van der Waals surface area contributed by atoms with Crippen molar-refractivity contribution < 1.29 is 4.79 Å². The molecule has 4 N–H and O–H groups in total. The molecule has 1 aliphatic rings. The Balaban J connectivity index is 2.79. The van der Waals surface area contributed by atoms with E-state index in [2.05, 4.69) is 25.8 Å². The molecule has 0 aromatic rings. The van der Waals surface area contributed by atoms with Crippen LogP contribution in [0, 0.1) is 0 Å². The molecule has 1 saturated heterocycles. The lowest BCUT2D eigenvalue weighted by molar-refractivity contribution is -0.126. The summed E-state index contributed by atoms with van der Waals surface area (Å²) in [7, 11) is 2.05. The zero-order valence-corrected chi connectivity index (χ0v) is 8.58. The molecule has 0 aromatic carbocycles. The van der Waals surface area contributed by atoms with Crippen molar-refractivity contribution in [1.82, 2.24) is 4.90 Å². The van der Waals surface area contributed by atoms with Crippen molar-refractivity contribution in [2.75, 3.05) is 7.05 Å². The Bertz CT molecular complexity index is 205. The van der Waals surface area contributed by atoms with E-state index in [1.807, 2.05) is 0 Å². The highest BCUT2D eigenvalue weighted by molar-refractivity contribution is 5.84. The molecule has 0 saturated carbocycles. The van der Waals surface area contributed by atoms with E-state index in [1.165, 1.54) is 0 Å². The molecule has 0 radical (unpaired) electrons. The van der Waals surface area contributed by atoms with Gasteiger partial charge in [-0.2, -0.15) is 0 Å². The second kappa shape index (κ2) is 3.27. The molecule has 4 heteroatoms. The fraction of sp³-hybridized carbons (Fsp3) is 0.889. The van der Waals surface area contributed by atoms with Crippen molar-refractivity contribution in [3.8, 4) is 0 Å². The number of nitrogens with zero attached hydrogens (tertiary/aromatic N) is 1. The fourth-order valence-corrected chi connectivity index (χ4v) is 2.06. The van der Waals surface area contributed by atoms with Gasteiger partial charge >= 0.3 is 0 Å². The first-order chi connectivity index (χ1) is 5.87. The molecule has 4 nitrogen and oxygen atoms in total. The summed E-state index contributed by atoms with van der Waals surface area (Å²) in [4.78, 5) is 13.4. The third-order valence-electron chi connectivity index (χ3n) is 3.20. The van der Waals surface area contributed by atoms with E-state index < -0.39 is 5.54 Å². The van der Waals surface area contributed by atoms with Crippen LogP contribution in [0.4, 0.5) is 0 Å². The Morgan fingerprint density at radius 1 is 1.38 bits per heavy atom. The minimum atomic E-state index is -0.800. The van der Waals surface area contributed by atoms with Crippen LogP contribution in [0.25, 0.3) is 0 Å². The van der Waals surface area contributed by atoms with Crippen molar-refractivity contribution in [3.05, 3.63) is 0 Å². The van der Waals surface area contributed by atoms with Gasteiger partial charge in [-0.25, -0.2) is 0 Å². The molecule has 1 fully saturated rings. The molecule has 1 heterocycles. The zero-order chi connectivity index (χ0) is 10.2. The summed E-state index contributed by atoms with van der Waals surface area (Å²) in [6.07, 6.45) is 1.31. The maximum atomic E-state index is 11.2. The lowest BCUT2D eigenvalue weighted by Gasteiger charge is -2.44. The summed E-state index contributed by atoms with van der Waals surface area (Å²) in [6.45, 7) is 4.14. The van der Waals surface area contributed by atoms with Crippen molar-refractivity contribution in [3.63, 3.8) is 0 Å². The number of amides is 1. The Hall–Kier alpha value is -0.610. The molecule has 0 bridgehead atoms. The molecule has 1 amide bonds. The molecular weight excluding hydrogens is 166 g/mol. The summed E-state index contributed by atoms with van der Waals surface area (Å²) in [5, 5.41) is 0. The van der Waals surface area contributed by atoms with Gasteiger partial charge in [0.05, 0.1) is 5.54 Å². The zero-order valence-electron chi connectivity index (χ0n) is 8.58. The highest BCUT2D eigenvalue weighted by Gasteiger charge is 2.41. The summed E-state index contributed by atoms with van der Waals surface area (Å²) in [6, 6.07) is 0.641. The lowest BCUT2D eigenvalue weighted by atomic mass is 9.80. The molecule has 76 valence electrons. The second-order valence-electron chi connectivity index (χ2n) is 4.29. The number of nitrogens with two attached hydrogens (primary N) is 2. The third-order valence-corrected chi connectivity index (χ3v) is 3.20. The first-order valence-electron chi connectivity index (χ1n) is 4.67. The molecule has 0 spiro atoms. The van der Waals surface area contributed by atoms with Crippen LogP contribution >= 0.6 is 0 Å². The van der Waals surface area contributed by atoms with E-state index in [1.54, 1.807) is 0 Å². The SMILES string of the molecule is CC1CC(N)(C(N)=O)CC(C)N1C. The molecular formula is C9H19N3O. The fourth-order valence-electron chi connectivity index (χ4n) is 2.06. The highest BCUT2D eigenvalue weighted by atomic mass is 16.1. The number of piperidine rings is 1. The predicted molar refractivity (Wildman–Crippen MR) is 52.0 cm³/mol. The Labute approximate surface area is 79.3 Å². The Kier molecular flexibility index (Phi) is 2.63. The highest BCUT2D eigenvalue weighted by Crippen LogP contribution is 2.27. The lowest BCUT2D eigenvalue weighted by Crippen LogP contribution is -2.62. The average Bonchev–Trinajstić information content (AvgIpc) is 2.00. The van der Waals surface area contributed by atoms with Crippen LogP contribution in [0.1, 0.15) is 26.7 Å². The first kappa shape index (κ1) is 10.5. The van der Waals surface area contributed by atoms with Gasteiger partial charge in [-0.1, -0.05) is 0 Å². The quantitative estimate of drug-likeness (QED) is 0.587. The van der Waals surface area contributed by atoms with Gasteiger partial charge in [0.1, 0.15) is 0 Å². The normalized spacial score (nSPS) is 41.8. The smallest absolute Gasteiger partial charge is 0.237 e. The van der Waals surface area contributed by atoms with Gasteiger partial charge in [0.25, 0.3) is 0 Å². The molecule has 2 atom stereocenters. The van der Waals surface area contributed by atoms with Crippen LogP contribution in [0.2, 0.25) is 0 Å². The second-order valence-corrected chi connectivity index (χ2v) is 4.29. The van der Waals surface area contributed by atoms with Gasteiger partial charge in [-0.05, 0) is 33.7 Å². The molecule has 0 aromatic heterocycles. The molecule has 1 aliphatic heterocycles. The number of primary amides is 1. The van der Waals surface area contributed by atoms with Crippen molar-refractivity contribution in [2.24, 2.45) is 11.5 Å². The van der Waals surface area contributed by atoms with E-state index in [0.29, 0.717) is 24.9 Å². The Morgan fingerprint density at radius 2 is 1.77 bits per heavy atom. The minimum Gasteiger partial charge on any atom is -0.368 e. The number of carbonyl (C=O) groups is 1. The summed E-state index contributed by atoms with van der Waals surface area (Å²) in [5.74, 6) is -0.376. The monoisotopic (exact) mass is 185 g/mol. The van der Waals surface area contributed by atoms with Gasteiger partial charge in [0.15, 0.2) is 0 Å². The first-order valence-corrected chi connectivity index (χ1v) is 4.67. The number of likely N-dealkylation sites (tertiary alicyclic amines) is 1. The standard InChI is InChI=1S/C9H19N3O/c1-6-4-9(11,8(10)13)5-7(2)12(6)3/h6-7H,4-5,11H2,1-3H3,(H2,10,13). The van der Waals surface area contributed by atoms with Gasteiger partial charge < -0.3 is 16.4 Å². The maximum absolute atomic E-state index is 11.2. The summed E-state index contributed by atoms with van der Waals surface area (Å²) < 4.78 is 0. The van der Waals surface area contributed by atoms with E-state index in [-0.39, 0.29) is 5.91 Å². The van der Waals surface area contributed by atoms with E-state index >= 15 is 0 Å². The number of hydrogen-bond acceptors (Lipinski definition) is 3. The molecule has 1 rings (SSSR count).